The highest BCUT2D eigenvalue weighted by molar-refractivity contribution is 6.22. The minimum absolute atomic E-state index is 0.0901. The number of rotatable bonds is 6. The molecule has 2 aromatic rings. The fourth-order valence-electron chi connectivity index (χ4n) is 3.60. The Labute approximate surface area is 174 Å². The second kappa shape index (κ2) is 7.74. The van der Waals surface area contributed by atoms with E-state index in [1.54, 1.807) is 62.5 Å². The van der Waals surface area contributed by atoms with Gasteiger partial charge in [0.25, 0.3) is 17.7 Å². The molecule has 1 saturated carbocycles. The van der Waals surface area contributed by atoms with Gasteiger partial charge < -0.3 is 10.2 Å². The van der Waals surface area contributed by atoms with Crippen molar-refractivity contribution in [3.05, 3.63) is 70.8 Å². The first-order chi connectivity index (χ1) is 14.4. The summed E-state index contributed by atoms with van der Waals surface area (Å²) in [6, 6.07) is 13.0. The summed E-state index contributed by atoms with van der Waals surface area (Å²) < 4.78 is 0. The van der Waals surface area contributed by atoms with Gasteiger partial charge in [0.15, 0.2) is 0 Å². The van der Waals surface area contributed by atoms with Crippen LogP contribution in [0.25, 0.3) is 0 Å². The van der Waals surface area contributed by atoms with Crippen molar-refractivity contribution in [2.24, 2.45) is 0 Å². The van der Waals surface area contributed by atoms with Gasteiger partial charge in [0.2, 0.25) is 5.91 Å². The van der Waals surface area contributed by atoms with Gasteiger partial charge in [-0.25, -0.2) is 0 Å². The van der Waals surface area contributed by atoms with Crippen LogP contribution in [0.1, 0.15) is 56.4 Å². The Morgan fingerprint density at radius 1 is 1.03 bits per heavy atom. The maximum atomic E-state index is 12.9. The Balaban J connectivity index is 1.40. The molecule has 1 aliphatic heterocycles. The number of fused-ring (bicyclic) bond motifs is 1. The molecule has 30 heavy (non-hydrogen) atoms. The van der Waals surface area contributed by atoms with Crippen molar-refractivity contribution in [2.45, 2.75) is 38.4 Å². The molecule has 1 unspecified atom stereocenters. The van der Waals surface area contributed by atoms with Gasteiger partial charge in [-0.3, -0.25) is 24.1 Å². The minimum atomic E-state index is -0.911. The standard InChI is InChI=1S/C23H23N3O4/c1-14(26-22(29)18-5-3-4-6-19(18)23(26)30)21(28)25(2)13-15-7-9-16(10-8-15)20(27)24-17-11-12-17/h3-10,14,17H,11-13H2,1-2H3,(H,24,27). The molecule has 4 amide bonds. The average Bonchev–Trinajstić information content (AvgIpc) is 3.53. The third kappa shape index (κ3) is 3.70. The molecule has 0 aromatic heterocycles. The molecular weight excluding hydrogens is 382 g/mol. The van der Waals surface area contributed by atoms with E-state index in [0.29, 0.717) is 29.3 Å². The number of nitrogens with zero attached hydrogens (tertiary/aromatic N) is 2. The van der Waals surface area contributed by atoms with E-state index in [4.69, 9.17) is 0 Å². The molecular formula is C23H23N3O4. The fourth-order valence-corrected chi connectivity index (χ4v) is 3.60. The number of carbonyl (C=O) groups excluding carboxylic acids is 4. The van der Waals surface area contributed by atoms with Crippen molar-refractivity contribution in [3.63, 3.8) is 0 Å². The highest BCUT2D eigenvalue weighted by Gasteiger charge is 2.41. The van der Waals surface area contributed by atoms with Gasteiger partial charge in [0.05, 0.1) is 11.1 Å². The number of likely N-dealkylation sites (N-methyl/N-ethyl adjacent to an activating group) is 1. The topological polar surface area (TPSA) is 86.8 Å². The number of hydrogen-bond donors (Lipinski definition) is 1. The van der Waals surface area contributed by atoms with Crippen molar-refractivity contribution in [1.82, 2.24) is 15.1 Å². The van der Waals surface area contributed by atoms with E-state index in [1.807, 2.05) is 0 Å². The second-order valence-electron chi connectivity index (χ2n) is 7.84. The van der Waals surface area contributed by atoms with Gasteiger partial charge in [0, 0.05) is 25.2 Å². The van der Waals surface area contributed by atoms with Gasteiger partial charge in [-0.15, -0.1) is 0 Å². The summed E-state index contributed by atoms with van der Waals surface area (Å²) in [7, 11) is 1.63. The molecule has 1 atom stereocenters. The van der Waals surface area contributed by atoms with Crippen LogP contribution in [0.2, 0.25) is 0 Å². The van der Waals surface area contributed by atoms with Crippen LogP contribution in [0.4, 0.5) is 0 Å². The van der Waals surface area contributed by atoms with E-state index in [-0.39, 0.29) is 11.8 Å². The molecule has 1 heterocycles. The number of imide groups is 1. The van der Waals surface area contributed by atoms with Crippen molar-refractivity contribution in [2.75, 3.05) is 7.05 Å². The smallest absolute Gasteiger partial charge is 0.262 e. The summed E-state index contributed by atoms with van der Waals surface area (Å²) in [5.74, 6) is -1.32. The predicted molar refractivity (Wildman–Crippen MR) is 110 cm³/mol. The highest BCUT2D eigenvalue weighted by Crippen LogP contribution is 2.25. The summed E-state index contributed by atoms with van der Waals surface area (Å²) in [5.41, 5.74) is 2.08. The van der Waals surface area contributed by atoms with E-state index in [1.165, 1.54) is 4.90 Å². The first-order valence-corrected chi connectivity index (χ1v) is 9.98. The van der Waals surface area contributed by atoms with Crippen molar-refractivity contribution in [3.8, 4) is 0 Å². The fraction of sp³-hybridized carbons (Fsp3) is 0.304. The third-order valence-corrected chi connectivity index (χ3v) is 5.49. The van der Waals surface area contributed by atoms with Gasteiger partial charge in [-0.05, 0) is 49.6 Å². The molecule has 4 rings (SSSR count). The summed E-state index contributed by atoms with van der Waals surface area (Å²) in [6.07, 6.45) is 2.06. The van der Waals surface area contributed by atoms with Crippen LogP contribution < -0.4 is 5.32 Å². The van der Waals surface area contributed by atoms with E-state index in [0.717, 1.165) is 23.3 Å². The molecule has 154 valence electrons. The molecule has 7 heteroatoms. The van der Waals surface area contributed by atoms with E-state index >= 15 is 0 Å². The molecule has 0 radical (unpaired) electrons. The van der Waals surface area contributed by atoms with Gasteiger partial charge >= 0.3 is 0 Å². The summed E-state index contributed by atoms with van der Waals surface area (Å²) in [5, 5.41) is 2.94. The van der Waals surface area contributed by atoms with Crippen molar-refractivity contribution in [1.29, 1.82) is 0 Å². The lowest BCUT2D eigenvalue weighted by molar-refractivity contribution is -0.134. The lowest BCUT2D eigenvalue weighted by atomic mass is 10.1. The van der Waals surface area contributed by atoms with Gasteiger partial charge in [0.1, 0.15) is 6.04 Å². The summed E-state index contributed by atoms with van der Waals surface area (Å²) in [6.45, 7) is 1.86. The average molecular weight is 405 g/mol. The van der Waals surface area contributed by atoms with Gasteiger partial charge in [-0.2, -0.15) is 0 Å². The number of carbonyl (C=O) groups is 4. The molecule has 1 N–H and O–H groups in total. The van der Waals surface area contributed by atoms with Crippen LogP contribution in [0, 0.1) is 0 Å². The van der Waals surface area contributed by atoms with E-state index in [2.05, 4.69) is 5.32 Å². The van der Waals surface area contributed by atoms with Crippen molar-refractivity contribution >= 4 is 23.6 Å². The maximum Gasteiger partial charge on any atom is 0.262 e. The third-order valence-electron chi connectivity index (χ3n) is 5.49. The Kier molecular flexibility index (Phi) is 5.11. The Bertz CT molecular complexity index is 992. The van der Waals surface area contributed by atoms with Crippen LogP contribution in [0.15, 0.2) is 48.5 Å². The zero-order valence-corrected chi connectivity index (χ0v) is 16.9. The second-order valence-corrected chi connectivity index (χ2v) is 7.84. The SMILES string of the molecule is CC(C(=O)N(C)Cc1ccc(C(=O)NC2CC2)cc1)N1C(=O)c2ccccc2C1=O. The largest absolute Gasteiger partial charge is 0.349 e. The van der Waals surface area contributed by atoms with E-state index in [9.17, 15) is 19.2 Å². The number of nitrogens with one attached hydrogen (secondary N) is 1. The Morgan fingerprint density at radius 2 is 1.60 bits per heavy atom. The van der Waals surface area contributed by atoms with E-state index < -0.39 is 17.9 Å². The molecule has 1 aliphatic carbocycles. The lowest BCUT2D eigenvalue weighted by Gasteiger charge is -2.26. The van der Waals surface area contributed by atoms with Crippen molar-refractivity contribution < 1.29 is 19.2 Å². The van der Waals surface area contributed by atoms with Crippen LogP contribution >= 0.6 is 0 Å². The molecule has 2 aliphatic rings. The van der Waals surface area contributed by atoms with Crippen LogP contribution in [0.5, 0.6) is 0 Å². The lowest BCUT2D eigenvalue weighted by Crippen LogP contribution is -2.48. The molecule has 7 nitrogen and oxygen atoms in total. The zero-order valence-electron chi connectivity index (χ0n) is 16.9. The number of amides is 4. The first-order valence-electron chi connectivity index (χ1n) is 9.98. The molecule has 2 aromatic carbocycles. The first kappa shape index (κ1) is 19.8. The quantitative estimate of drug-likeness (QED) is 0.747. The number of hydrogen-bond acceptors (Lipinski definition) is 4. The monoisotopic (exact) mass is 405 g/mol. The Hall–Kier alpha value is -3.48. The van der Waals surface area contributed by atoms with Gasteiger partial charge in [-0.1, -0.05) is 24.3 Å². The molecule has 0 bridgehead atoms. The zero-order chi connectivity index (χ0) is 21.4. The van der Waals surface area contributed by atoms with Crippen LogP contribution in [-0.4, -0.2) is 52.6 Å². The maximum absolute atomic E-state index is 12.9. The summed E-state index contributed by atoms with van der Waals surface area (Å²) in [4.78, 5) is 52.7. The predicted octanol–water partition coefficient (Wildman–Crippen LogP) is 2.22. The number of benzene rings is 2. The molecule has 0 saturated heterocycles. The molecule has 1 fully saturated rings. The summed E-state index contributed by atoms with van der Waals surface area (Å²) >= 11 is 0. The Morgan fingerprint density at radius 3 is 2.13 bits per heavy atom. The minimum Gasteiger partial charge on any atom is -0.349 e. The highest BCUT2D eigenvalue weighted by atomic mass is 16.2. The normalized spacial score (nSPS) is 16.3. The van der Waals surface area contributed by atoms with Crippen LogP contribution in [-0.2, 0) is 11.3 Å². The van der Waals surface area contributed by atoms with Crippen LogP contribution in [0.3, 0.4) is 0 Å². The molecule has 0 spiro atoms.